The molecule has 1 saturated carbocycles. The minimum atomic E-state index is -3.23. The van der Waals surface area contributed by atoms with E-state index in [0.717, 1.165) is 70.6 Å². The first-order valence-corrected chi connectivity index (χ1v) is 10.5. The van der Waals surface area contributed by atoms with Gasteiger partial charge in [0.15, 0.2) is 0 Å². The fraction of sp³-hybridized carbons (Fsp3) is 0.727. The lowest BCUT2D eigenvalue weighted by Crippen LogP contribution is -2.44. The van der Waals surface area contributed by atoms with Crippen LogP contribution in [0.15, 0.2) is 24.3 Å². The number of piperidine rings is 1. The van der Waals surface area contributed by atoms with Crippen molar-refractivity contribution in [3.63, 3.8) is 0 Å². The van der Waals surface area contributed by atoms with Gasteiger partial charge in [0.25, 0.3) is 0 Å². The van der Waals surface area contributed by atoms with E-state index in [4.69, 9.17) is 4.74 Å². The number of aliphatic hydroxyl groups is 2. The zero-order valence-electron chi connectivity index (χ0n) is 16.7. The van der Waals surface area contributed by atoms with Gasteiger partial charge in [-0.1, -0.05) is 31.4 Å². The largest absolute Gasteiger partial charge is 0.433 e. The van der Waals surface area contributed by atoms with Crippen LogP contribution in [-0.4, -0.2) is 53.6 Å². The first kappa shape index (κ1) is 21.5. The Kier molecular flexibility index (Phi) is 6.94. The molecule has 6 heteroatoms. The number of benzene rings is 1. The molecular formula is C22H33F2NO3. The van der Waals surface area contributed by atoms with Gasteiger partial charge in [-0.3, -0.25) is 0 Å². The number of halogens is 2. The molecule has 0 amide bonds. The molecule has 2 N–H and O–H groups in total. The molecule has 0 bridgehead atoms. The second-order valence-electron chi connectivity index (χ2n) is 8.65. The number of alkyl halides is 2. The second kappa shape index (κ2) is 9.06. The molecule has 1 heterocycles. The van der Waals surface area contributed by atoms with Crippen LogP contribution in [0.2, 0.25) is 0 Å². The topological polar surface area (TPSA) is 52.9 Å². The van der Waals surface area contributed by atoms with Crippen molar-refractivity contribution in [1.29, 1.82) is 0 Å². The average Bonchev–Trinajstić information content (AvgIpc) is 2.67. The molecule has 1 aromatic rings. The van der Waals surface area contributed by atoms with Crippen LogP contribution >= 0.6 is 0 Å². The summed E-state index contributed by atoms with van der Waals surface area (Å²) >= 11 is 0. The van der Waals surface area contributed by atoms with Crippen molar-refractivity contribution in [2.24, 2.45) is 5.41 Å². The van der Waals surface area contributed by atoms with Crippen molar-refractivity contribution >= 4 is 0 Å². The van der Waals surface area contributed by atoms with Crippen LogP contribution in [0, 0.1) is 5.41 Å². The average molecular weight is 398 g/mol. The summed E-state index contributed by atoms with van der Waals surface area (Å²) < 4.78 is 31.5. The Morgan fingerprint density at radius 2 is 1.89 bits per heavy atom. The summed E-state index contributed by atoms with van der Waals surface area (Å²) in [5.74, 6) is 0.204. The van der Waals surface area contributed by atoms with Gasteiger partial charge in [-0.15, -0.1) is 0 Å². The van der Waals surface area contributed by atoms with Crippen LogP contribution in [0.25, 0.3) is 0 Å². The molecule has 28 heavy (non-hydrogen) atoms. The Bertz CT molecular complexity index is 620. The molecule has 0 spiro atoms. The van der Waals surface area contributed by atoms with Crippen molar-refractivity contribution in [3.8, 4) is 5.75 Å². The predicted molar refractivity (Wildman–Crippen MR) is 105 cm³/mol. The van der Waals surface area contributed by atoms with Crippen LogP contribution < -0.4 is 4.74 Å². The van der Waals surface area contributed by atoms with E-state index in [2.05, 4.69) is 4.90 Å². The summed E-state index contributed by atoms with van der Waals surface area (Å²) in [6, 6.07) is 7.00. The second-order valence-corrected chi connectivity index (χ2v) is 8.65. The van der Waals surface area contributed by atoms with Crippen LogP contribution in [0.3, 0.4) is 0 Å². The molecular weight excluding hydrogens is 364 g/mol. The number of nitrogens with zero attached hydrogens (tertiary/aromatic N) is 1. The summed E-state index contributed by atoms with van der Waals surface area (Å²) in [5.41, 5.74) is 0.714. The minimum absolute atomic E-state index is 0.0436. The number of rotatable bonds is 7. The first-order valence-electron chi connectivity index (χ1n) is 10.5. The molecule has 3 rings (SSSR count). The van der Waals surface area contributed by atoms with E-state index in [1.54, 1.807) is 18.2 Å². The summed E-state index contributed by atoms with van der Waals surface area (Å²) in [6.07, 6.45) is 3.28. The number of hydrogen-bond acceptors (Lipinski definition) is 4. The lowest BCUT2D eigenvalue weighted by molar-refractivity contribution is -0.159. The van der Waals surface area contributed by atoms with Gasteiger partial charge in [-0.2, -0.15) is 8.78 Å². The SMILES string of the molecule is CC(F)(F)Oc1cccc(C(CN2CCC(O)CC2)C2(CO)CCCCC2)c1. The third kappa shape index (κ3) is 5.43. The maximum Gasteiger partial charge on any atom is 0.394 e. The maximum absolute atomic E-state index is 13.4. The van der Waals surface area contributed by atoms with Crippen LogP contribution in [0.1, 0.15) is 63.4 Å². The molecule has 1 aliphatic heterocycles. The molecule has 2 fully saturated rings. The van der Waals surface area contributed by atoms with Crippen molar-refractivity contribution in [3.05, 3.63) is 29.8 Å². The number of ether oxygens (including phenoxy) is 1. The van der Waals surface area contributed by atoms with Crippen LogP contribution in [0.4, 0.5) is 8.78 Å². The number of likely N-dealkylation sites (tertiary alicyclic amines) is 1. The summed E-state index contributed by atoms with van der Waals surface area (Å²) in [6.45, 7) is 3.25. The van der Waals surface area contributed by atoms with E-state index in [1.165, 1.54) is 6.42 Å². The highest BCUT2D eigenvalue weighted by Gasteiger charge is 2.41. The van der Waals surface area contributed by atoms with Gasteiger partial charge in [-0.05, 0) is 43.4 Å². The summed E-state index contributed by atoms with van der Waals surface area (Å²) in [4.78, 5) is 2.34. The molecule has 0 radical (unpaired) electrons. The monoisotopic (exact) mass is 397 g/mol. The zero-order valence-corrected chi connectivity index (χ0v) is 16.7. The Morgan fingerprint density at radius 1 is 1.21 bits per heavy atom. The highest BCUT2D eigenvalue weighted by Crippen LogP contribution is 2.48. The molecule has 2 aliphatic rings. The van der Waals surface area contributed by atoms with E-state index in [9.17, 15) is 19.0 Å². The van der Waals surface area contributed by atoms with Crippen molar-refractivity contribution in [2.75, 3.05) is 26.2 Å². The third-order valence-corrected chi connectivity index (χ3v) is 6.46. The van der Waals surface area contributed by atoms with E-state index >= 15 is 0 Å². The normalized spacial score (nSPS) is 22.8. The van der Waals surface area contributed by atoms with Gasteiger partial charge >= 0.3 is 6.11 Å². The maximum atomic E-state index is 13.4. The van der Waals surface area contributed by atoms with E-state index in [1.807, 2.05) is 6.07 Å². The third-order valence-electron chi connectivity index (χ3n) is 6.46. The smallest absolute Gasteiger partial charge is 0.394 e. The van der Waals surface area contributed by atoms with Crippen molar-refractivity contribution in [1.82, 2.24) is 4.90 Å². The van der Waals surface area contributed by atoms with Crippen molar-refractivity contribution in [2.45, 2.75) is 70.0 Å². The van der Waals surface area contributed by atoms with E-state index < -0.39 is 6.11 Å². The fourth-order valence-corrected chi connectivity index (χ4v) is 4.89. The van der Waals surface area contributed by atoms with E-state index in [0.29, 0.717) is 0 Å². The molecule has 1 aliphatic carbocycles. The van der Waals surface area contributed by atoms with Gasteiger partial charge in [0, 0.05) is 44.5 Å². The highest BCUT2D eigenvalue weighted by molar-refractivity contribution is 5.33. The highest BCUT2D eigenvalue weighted by atomic mass is 19.3. The summed E-state index contributed by atoms with van der Waals surface area (Å²) in [5, 5.41) is 20.2. The van der Waals surface area contributed by atoms with E-state index in [-0.39, 0.29) is 29.8 Å². The zero-order chi connectivity index (χ0) is 20.2. The lowest BCUT2D eigenvalue weighted by Gasteiger charge is -2.45. The Morgan fingerprint density at radius 3 is 2.50 bits per heavy atom. The van der Waals surface area contributed by atoms with Gasteiger partial charge in [0.05, 0.1) is 6.10 Å². The lowest BCUT2D eigenvalue weighted by atomic mass is 9.64. The molecule has 1 atom stereocenters. The van der Waals surface area contributed by atoms with Gasteiger partial charge in [0.1, 0.15) is 5.75 Å². The number of hydrogen-bond donors (Lipinski definition) is 2. The van der Waals surface area contributed by atoms with Gasteiger partial charge in [-0.25, -0.2) is 0 Å². The molecule has 158 valence electrons. The molecule has 1 saturated heterocycles. The Hall–Kier alpha value is -1.24. The molecule has 1 unspecified atom stereocenters. The fourth-order valence-electron chi connectivity index (χ4n) is 4.89. The minimum Gasteiger partial charge on any atom is -0.433 e. The first-order chi connectivity index (χ1) is 13.3. The summed E-state index contributed by atoms with van der Waals surface area (Å²) in [7, 11) is 0. The Labute approximate surface area is 166 Å². The molecule has 4 nitrogen and oxygen atoms in total. The van der Waals surface area contributed by atoms with Crippen LogP contribution in [0.5, 0.6) is 5.75 Å². The van der Waals surface area contributed by atoms with Gasteiger partial charge < -0.3 is 19.8 Å². The standard InChI is InChI=1S/C22H33F2NO3/c1-21(23,24)28-19-7-5-6-17(14-19)20(15-25-12-8-18(27)9-13-25)22(16-26)10-3-2-4-11-22/h5-7,14,18,20,26-27H,2-4,8-13,15-16H2,1H3. The molecule has 0 aromatic heterocycles. The predicted octanol–water partition coefficient (Wildman–Crippen LogP) is 4.16. The van der Waals surface area contributed by atoms with Gasteiger partial charge in [0.2, 0.25) is 0 Å². The quantitative estimate of drug-likeness (QED) is 0.725. The number of aliphatic hydroxyl groups excluding tert-OH is 2. The van der Waals surface area contributed by atoms with Crippen LogP contribution in [-0.2, 0) is 0 Å². The van der Waals surface area contributed by atoms with Crippen molar-refractivity contribution < 1.29 is 23.7 Å². The Balaban J connectivity index is 1.88. The molecule has 1 aromatic carbocycles.